The summed E-state index contributed by atoms with van der Waals surface area (Å²) in [5.41, 5.74) is 1.40. The van der Waals surface area contributed by atoms with E-state index >= 15 is 0 Å². The second kappa shape index (κ2) is 6.16. The van der Waals surface area contributed by atoms with Crippen molar-refractivity contribution in [3.63, 3.8) is 0 Å². The van der Waals surface area contributed by atoms with E-state index in [1.807, 2.05) is 37.3 Å². The lowest BCUT2D eigenvalue weighted by Crippen LogP contribution is -2.05. The number of aliphatic hydroxyl groups excluding tert-OH is 1. The van der Waals surface area contributed by atoms with E-state index in [0.717, 1.165) is 5.56 Å². The zero-order valence-corrected chi connectivity index (χ0v) is 11.0. The second-order valence-electron chi connectivity index (χ2n) is 4.39. The Hall–Kier alpha value is -2.40. The lowest BCUT2D eigenvalue weighted by molar-refractivity contribution is -0.386. The maximum Gasteiger partial charge on any atom is 0.310 e. The Kier molecular flexibility index (Phi) is 4.32. The number of aliphatic hydroxyl groups is 1. The first-order chi connectivity index (χ1) is 9.61. The van der Waals surface area contributed by atoms with Gasteiger partial charge in [-0.2, -0.15) is 0 Å². The molecular formula is C15H15NO4. The molecule has 0 spiro atoms. The van der Waals surface area contributed by atoms with Gasteiger partial charge in [-0.05, 0) is 30.2 Å². The Morgan fingerprint density at radius 3 is 2.55 bits per heavy atom. The van der Waals surface area contributed by atoms with Gasteiger partial charge in [-0.25, -0.2) is 0 Å². The Morgan fingerprint density at radius 2 is 1.95 bits per heavy atom. The molecule has 0 aliphatic carbocycles. The van der Waals surface area contributed by atoms with Crippen molar-refractivity contribution < 1.29 is 14.8 Å². The highest BCUT2D eigenvalue weighted by molar-refractivity contribution is 5.48. The van der Waals surface area contributed by atoms with E-state index in [0.29, 0.717) is 5.56 Å². The average molecular weight is 273 g/mol. The van der Waals surface area contributed by atoms with Crippen LogP contribution in [0.1, 0.15) is 24.2 Å². The van der Waals surface area contributed by atoms with Crippen molar-refractivity contribution in [1.29, 1.82) is 0 Å². The Bertz CT molecular complexity index is 598. The van der Waals surface area contributed by atoms with Crippen LogP contribution in [0.3, 0.4) is 0 Å². The maximum atomic E-state index is 11.0. The molecule has 2 rings (SSSR count). The molecule has 0 aromatic heterocycles. The van der Waals surface area contributed by atoms with Crippen LogP contribution >= 0.6 is 0 Å². The molecule has 2 aromatic carbocycles. The van der Waals surface area contributed by atoms with Gasteiger partial charge in [0.1, 0.15) is 6.10 Å². The fourth-order valence-electron chi connectivity index (χ4n) is 1.88. The predicted octanol–water partition coefficient (Wildman–Crippen LogP) is 3.23. The van der Waals surface area contributed by atoms with E-state index in [4.69, 9.17) is 9.84 Å². The lowest BCUT2D eigenvalue weighted by atomic mass is 10.1. The van der Waals surface area contributed by atoms with Gasteiger partial charge in [0, 0.05) is 6.07 Å². The highest BCUT2D eigenvalue weighted by Gasteiger charge is 2.18. The molecule has 0 aliphatic heterocycles. The average Bonchev–Trinajstić information content (AvgIpc) is 2.47. The SMILES string of the molecule is CC(Oc1cc(CO)ccc1[N+](=O)[O-])c1ccccc1. The summed E-state index contributed by atoms with van der Waals surface area (Å²) in [6, 6.07) is 13.8. The van der Waals surface area contributed by atoms with E-state index in [9.17, 15) is 10.1 Å². The Morgan fingerprint density at radius 1 is 1.25 bits per heavy atom. The molecule has 5 nitrogen and oxygen atoms in total. The zero-order chi connectivity index (χ0) is 14.5. The van der Waals surface area contributed by atoms with Crippen LogP contribution in [0, 0.1) is 10.1 Å². The first-order valence-electron chi connectivity index (χ1n) is 6.21. The van der Waals surface area contributed by atoms with Gasteiger partial charge in [0.05, 0.1) is 11.5 Å². The number of nitro groups is 1. The molecule has 0 heterocycles. The smallest absolute Gasteiger partial charge is 0.310 e. The molecule has 104 valence electrons. The summed E-state index contributed by atoms with van der Waals surface area (Å²) >= 11 is 0. The fraction of sp³-hybridized carbons (Fsp3) is 0.200. The quantitative estimate of drug-likeness (QED) is 0.670. The third-order valence-electron chi connectivity index (χ3n) is 2.98. The van der Waals surface area contributed by atoms with Crippen LogP contribution in [0.2, 0.25) is 0 Å². The summed E-state index contributed by atoms with van der Waals surface area (Å²) in [6.45, 7) is 1.64. The van der Waals surface area contributed by atoms with Crippen molar-refractivity contribution in [1.82, 2.24) is 0 Å². The van der Waals surface area contributed by atoms with Crippen molar-refractivity contribution in [3.8, 4) is 5.75 Å². The molecule has 0 radical (unpaired) electrons. The second-order valence-corrected chi connectivity index (χ2v) is 4.39. The van der Waals surface area contributed by atoms with Crippen LogP contribution in [0.25, 0.3) is 0 Å². The summed E-state index contributed by atoms with van der Waals surface area (Å²) in [7, 11) is 0. The first-order valence-corrected chi connectivity index (χ1v) is 6.21. The molecule has 1 N–H and O–H groups in total. The first kappa shape index (κ1) is 14.0. The van der Waals surface area contributed by atoms with Crippen LogP contribution in [-0.2, 0) is 6.61 Å². The molecule has 0 amide bonds. The van der Waals surface area contributed by atoms with E-state index in [2.05, 4.69) is 0 Å². The number of ether oxygens (including phenoxy) is 1. The highest BCUT2D eigenvalue weighted by atomic mass is 16.6. The lowest BCUT2D eigenvalue weighted by Gasteiger charge is -2.15. The van der Waals surface area contributed by atoms with Gasteiger partial charge >= 0.3 is 5.69 Å². The van der Waals surface area contributed by atoms with Crippen LogP contribution < -0.4 is 4.74 Å². The number of nitro benzene ring substituents is 1. The topological polar surface area (TPSA) is 72.6 Å². The number of hydrogen-bond acceptors (Lipinski definition) is 4. The van der Waals surface area contributed by atoms with Crippen molar-refractivity contribution in [2.75, 3.05) is 0 Å². The minimum Gasteiger partial charge on any atom is -0.479 e. The van der Waals surface area contributed by atoms with Gasteiger partial charge < -0.3 is 9.84 Å². The molecule has 0 bridgehead atoms. The fourth-order valence-corrected chi connectivity index (χ4v) is 1.88. The number of rotatable bonds is 5. The van der Waals surface area contributed by atoms with Gasteiger partial charge in [0.15, 0.2) is 5.75 Å². The van der Waals surface area contributed by atoms with Crippen LogP contribution in [0.5, 0.6) is 5.75 Å². The van der Waals surface area contributed by atoms with Crippen molar-refractivity contribution in [2.24, 2.45) is 0 Å². The molecule has 0 fully saturated rings. The monoisotopic (exact) mass is 273 g/mol. The van der Waals surface area contributed by atoms with Gasteiger partial charge in [-0.15, -0.1) is 0 Å². The van der Waals surface area contributed by atoms with Crippen LogP contribution in [0.15, 0.2) is 48.5 Å². The molecule has 1 unspecified atom stereocenters. The zero-order valence-electron chi connectivity index (χ0n) is 11.0. The summed E-state index contributed by atoms with van der Waals surface area (Å²) in [6.07, 6.45) is -0.316. The Labute approximate surface area is 116 Å². The maximum absolute atomic E-state index is 11.0. The van der Waals surface area contributed by atoms with Gasteiger partial charge in [-0.1, -0.05) is 30.3 Å². The number of benzene rings is 2. The van der Waals surface area contributed by atoms with E-state index in [-0.39, 0.29) is 24.1 Å². The third-order valence-corrected chi connectivity index (χ3v) is 2.98. The van der Waals surface area contributed by atoms with Gasteiger partial charge in [0.25, 0.3) is 0 Å². The largest absolute Gasteiger partial charge is 0.479 e. The number of hydrogen-bond donors (Lipinski definition) is 1. The minimum absolute atomic E-state index is 0.106. The summed E-state index contributed by atoms with van der Waals surface area (Å²) in [4.78, 5) is 10.5. The molecule has 2 aromatic rings. The van der Waals surface area contributed by atoms with Gasteiger partial charge in [-0.3, -0.25) is 10.1 Å². The molecule has 5 heteroatoms. The van der Waals surface area contributed by atoms with E-state index in [1.54, 1.807) is 0 Å². The highest BCUT2D eigenvalue weighted by Crippen LogP contribution is 2.31. The summed E-state index contributed by atoms with van der Waals surface area (Å²) in [5, 5.41) is 20.1. The molecule has 0 saturated heterocycles. The standard InChI is InChI=1S/C15H15NO4/c1-11(13-5-3-2-4-6-13)20-15-9-12(10-17)7-8-14(15)16(18)19/h2-9,11,17H,10H2,1H3. The van der Waals surface area contributed by atoms with Crippen LogP contribution in [0.4, 0.5) is 5.69 Å². The normalized spacial score (nSPS) is 11.9. The molecule has 20 heavy (non-hydrogen) atoms. The van der Waals surface area contributed by atoms with Gasteiger partial charge in [0.2, 0.25) is 0 Å². The molecular weight excluding hydrogens is 258 g/mol. The Balaban J connectivity index is 2.29. The predicted molar refractivity (Wildman–Crippen MR) is 74.5 cm³/mol. The van der Waals surface area contributed by atoms with Crippen molar-refractivity contribution in [2.45, 2.75) is 19.6 Å². The molecule has 0 aliphatic rings. The van der Waals surface area contributed by atoms with E-state index in [1.165, 1.54) is 18.2 Å². The van der Waals surface area contributed by atoms with Crippen molar-refractivity contribution in [3.05, 3.63) is 69.8 Å². The summed E-state index contributed by atoms with van der Waals surface area (Å²) in [5.74, 6) is 0.165. The molecule has 0 saturated carbocycles. The molecule has 1 atom stereocenters. The van der Waals surface area contributed by atoms with E-state index < -0.39 is 4.92 Å². The minimum atomic E-state index is -0.492. The van der Waals surface area contributed by atoms with Crippen LogP contribution in [-0.4, -0.2) is 10.0 Å². The number of nitrogens with zero attached hydrogens (tertiary/aromatic N) is 1. The van der Waals surface area contributed by atoms with Crippen molar-refractivity contribution >= 4 is 5.69 Å². The third kappa shape index (κ3) is 3.13. The summed E-state index contributed by atoms with van der Waals surface area (Å²) < 4.78 is 5.68.